The van der Waals surface area contributed by atoms with Crippen LogP contribution in [0.1, 0.15) is 13.8 Å². The second-order valence-corrected chi connectivity index (χ2v) is 4.69. The van der Waals surface area contributed by atoms with Gasteiger partial charge in [-0.1, -0.05) is 19.9 Å². The first-order chi connectivity index (χ1) is 12.3. The number of methoxy groups -OCH3 is 2. The van der Waals surface area contributed by atoms with Gasteiger partial charge in [-0.2, -0.15) is 0 Å². The molecule has 2 aromatic heterocycles. The monoisotopic (exact) mass is 341 g/mol. The van der Waals surface area contributed by atoms with Gasteiger partial charge in [-0.15, -0.1) is 10.2 Å². The lowest BCUT2D eigenvalue weighted by Gasteiger charge is -2.16. The second-order valence-electron chi connectivity index (χ2n) is 4.69. The number of nitrogens with zero attached hydrogens (tertiary/aromatic N) is 4. The number of para-hydroxylation sites is 1. The molecule has 0 unspecified atom stereocenters. The Hall–Kier alpha value is -3.09. The Bertz CT molecular complexity index is 780. The number of aromatic nitrogens is 4. The number of anilines is 1. The molecule has 1 aromatic carbocycles. The lowest BCUT2D eigenvalue weighted by Crippen LogP contribution is -2.07. The number of hydrogen-bond donors (Lipinski definition) is 1. The average molecular weight is 341 g/mol. The third-order valence-electron chi connectivity index (χ3n) is 3.43. The lowest BCUT2D eigenvalue weighted by molar-refractivity contribution is 0.391. The van der Waals surface area contributed by atoms with Crippen LogP contribution in [0.3, 0.4) is 0 Å². The predicted octanol–water partition coefficient (Wildman–Crippen LogP) is 3.41. The molecular formula is C18H23N5O2. The van der Waals surface area contributed by atoms with Gasteiger partial charge in [0.2, 0.25) is 5.95 Å². The maximum absolute atomic E-state index is 5.50. The van der Waals surface area contributed by atoms with Crippen LogP contribution in [0.25, 0.3) is 17.1 Å². The van der Waals surface area contributed by atoms with Gasteiger partial charge in [-0.3, -0.25) is 9.55 Å². The van der Waals surface area contributed by atoms with Gasteiger partial charge in [0.1, 0.15) is 17.2 Å². The molecule has 1 N–H and O–H groups in total. The van der Waals surface area contributed by atoms with Crippen LogP contribution in [0.5, 0.6) is 11.5 Å². The molecule has 0 aliphatic heterocycles. The summed E-state index contributed by atoms with van der Waals surface area (Å²) in [6.45, 7) is 4.00. The summed E-state index contributed by atoms with van der Waals surface area (Å²) in [6, 6.07) is 9.38. The Morgan fingerprint density at radius 3 is 2.16 bits per heavy atom. The zero-order chi connectivity index (χ0) is 18.2. The van der Waals surface area contributed by atoms with Gasteiger partial charge in [0.15, 0.2) is 5.82 Å². The van der Waals surface area contributed by atoms with Gasteiger partial charge in [-0.05, 0) is 24.3 Å². The fourth-order valence-corrected chi connectivity index (χ4v) is 2.39. The molecule has 25 heavy (non-hydrogen) atoms. The maximum atomic E-state index is 5.50. The fourth-order valence-electron chi connectivity index (χ4n) is 2.39. The number of hydrogen-bond acceptors (Lipinski definition) is 6. The summed E-state index contributed by atoms with van der Waals surface area (Å²) in [5.74, 6) is 2.54. The summed E-state index contributed by atoms with van der Waals surface area (Å²) in [4.78, 5) is 4.15. The zero-order valence-electron chi connectivity index (χ0n) is 15.1. The molecular weight excluding hydrogens is 318 g/mol. The van der Waals surface area contributed by atoms with Crippen molar-refractivity contribution in [3.05, 3.63) is 42.7 Å². The van der Waals surface area contributed by atoms with E-state index in [1.807, 2.05) is 48.7 Å². The largest absolute Gasteiger partial charge is 0.494 e. The molecule has 3 rings (SSSR count). The van der Waals surface area contributed by atoms with Gasteiger partial charge in [0, 0.05) is 25.0 Å². The van der Waals surface area contributed by atoms with Crippen molar-refractivity contribution in [1.82, 2.24) is 19.7 Å². The molecule has 0 fully saturated rings. The highest BCUT2D eigenvalue weighted by atomic mass is 16.5. The van der Waals surface area contributed by atoms with Crippen molar-refractivity contribution in [1.29, 1.82) is 0 Å². The van der Waals surface area contributed by atoms with Crippen molar-refractivity contribution >= 4 is 5.95 Å². The first kappa shape index (κ1) is 18.3. The van der Waals surface area contributed by atoms with Crippen molar-refractivity contribution < 1.29 is 9.47 Å². The molecule has 0 aliphatic rings. The van der Waals surface area contributed by atoms with E-state index in [1.165, 1.54) is 0 Å². The van der Waals surface area contributed by atoms with Gasteiger partial charge >= 0.3 is 0 Å². The minimum Gasteiger partial charge on any atom is -0.494 e. The molecule has 2 heterocycles. The van der Waals surface area contributed by atoms with Crippen LogP contribution in [0.2, 0.25) is 0 Å². The van der Waals surface area contributed by atoms with Crippen molar-refractivity contribution in [3.8, 4) is 28.6 Å². The molecule has 0 aliphatic carbocycles. The molecule has 0 amide bonds. The number of pyridine rings is 1. The van der Waals surface area contributed by atoms with Crippen LogP contribution in [0.15, 0.2) is 42.7 Å². The van der Waals surface area contributed by atoms with E-state index in [1.54, 1.807) is 33.7 Å². The second kappa shape index (κ2) is 8.68. The third kappa shape index (κ3) is 3.55. The Morgan fingerprint density at radius 2 is 1.64 bits per heavy atom. The minimum absolute atomic E-state index is 0.576. The SMILES string of the molecule is CC.CNc1nnc(-c2cccnc2)n1-c1c(OC)cccc1OC. The molecule has 3 aromatic rings. The summed E-state index contributed by atoms with van der Waals surface area (Å²) >= 11 is 0. The first-order valence-electron chi connectivity index (χ1n) is 8.05. The summed E-state index contributed by atoms with van der Waals surface area (Å²) in [5.41, 5.74) is 1.57. The first-order valence-corrected chi connectivity index (χ1v) is 8.05. The molecule has 0 radical (unpaired) electrons. The standard InChI is InChI=1S/C16H17N5O2.C2H6/c1-17-16-20-19-15(11-6-5-9-18-10-11)21(16)14-12(22-2)7-4-8-13(14)23-3;1-2/h4-10H,1-3H3,(H,17,20);1-2H3. The Morgan fingerprint density at radius 1 is 0.960 bits per heavy atom. The summed E-state index contributed by atoms with van der Waals surface area (Å²) in [5, 5.41) is 11.5. The van der Waals surface area contributed by atoms with Crippen molar-refractivity contribution in [3.63, 3.8) is 0 Å². The lowest BCUT2D eigenvalue weighted by atomic mass is 10.2. The number of benzene rings is 1. The molecule has 0 saturated carbocycles. The average Bonchev–Trinajstić information content (AvgIpc) is 3.13. The van der Waals surface area contributed by atoms with Crippen LogP contribution in [0, 0.1) is 0 Å². The molecule has 0 bridgehead atoms. The predicted molar refractivity (Wildman–Crippen MR) is 98.6 cm³/mol. The molecule has 0 spiro atoms. The summed E-state index contributed by atoms with van der Waals surface area (Å²) < 4.78 is 12.9. The Kier molecular flexibility index (Phi) is 6.33. The topological polar surface area (TPSA) is 74.1 Å². The summed E-state index contributed by atoms with van der Waals surface area (Å²) in [6.07, 6.45) is 3.45. The third-order valence-corrected chi connectivity index (χ3v) is 3.43. The van der Waals surface area contributed by atoms with E-state index in [4.69, 9.17) is 9.47 Å². The molecule has 0 atom stereocenters. The smallest absolute Gasteiger partial charge is 0.229 e. The number of nitrogens with one attached hydrogen (secondary N) is 1. The molecule has 7 nitrogen and oxygen atoms in total. The Balaban J connectivity index is 0.00000109. The molecule has 0 saturated heterocycles. The van der Waals surface area contributed by atoms with Crippen LogP contribution in [-0.4, -0.2) is 41.0 Å². The van der Waals surface area contributed by atoms with E-state index in [0.29, 0.717) is 23.3 Å². The van der Waals surface area contributed by atoms with Crippen molar-refractivity contribution in [2.75, 3.05) is 26.6 Å². The van der Waals surface area contributed by atoms with Crippen molar-refractivity contribution in [2.24, 2.45) is 0 Å². The van der Waals surface area contributed by atoms with Crippen LogP contribution in [0.4, 0.5) is 5.95 Å². The fraction of sp³-hybridized carbons (Fsp3) is 0.278. The van der Waals surface area contributed by atoms with E-state index < -0.39 is 0 Å². The molecule has 7 heteroatoms. The zero-order valence-corrected chi connectivity index (χ0v) is 15.1. The van der Waals surface area contributed by atoms with Gasteiger partial charge in [-0.25, -0.2) is 0 Å². The van der Waals surface area contributed by atoms with Crippen LogP contribution in [-0.2, 0) is 0 Å². The van der Waals surface area contributed by atoms with Gasteiger partial charge in [0.05, 0.1) is 14.2 Å². The van der Waals surface area contributed by atoms with E-state index >= 15 is 0 Å². The van der Waals surface area contributed by atoms with E-state index in [2.05, 4.69) is 20.5 Å². The van der Waals surface area contributed by atoms with Crippen LogP contribution >= 0.6 is 0 Å². The highest BCUT2D eigenvalue weighted by molar-refractivity contribution is 5.67. The highest BCUT2D eigenvalue weighted by Gasteiger charge is 2.21. The van der Waals surface area contributed by atoms with Gasteiger partial charge in [0.25, 0.3) is 0 Å². The normalized spacial score (nSPS) is 9.80. The number of ether oxygens (including phenoxy) is 2. The van der Waals surface area contributed by atoms with E-state index in [0.717, 1.165) is 11.3 Å². The van der Waals surface area contributed by atoms with Gasteiger partial charge < -0.3 is 14.8 Å². The highest BCUT2D eigenvalue weighted by Crippen LogP contribution is 2.37. The summed E-state index contributed by atoms with van der Waals surface area (Å²) in [7, 11) is 5.02. The Labute approximate surface area is 147 Å². The minimum atomic E-state index is 0.576. The van der Waals surface area contributed by atoms with Crippen molar-refractivity contribution in [2.45, 2.75) is 13.8 Å². The van der Waals surface area contributed by atoms with Crippen LogP contribution < -0.4 is 14.8 Å². The quantitative estimate of drug-likeness (QED) is 0.766. The number of rotatable bonds is 5. The van der Waals surface area contributed by atoms with E-state index in [-0.39, 0.29) is 0 Å². The molecule has 132 valence electrons. The van der Waals surface area contributed by atoms with E-state index in [9.17, 15) is 0 Å². The maximum Gasteiger partial charge on any atom is 0.229 e.